The number of benzene rings is 1. The summed E-state index contributed by atoms with van der Waals surface area (Å²) < 4.78 is 5.58. The number of halogens is 1. The van der Waals surface area contributed by atoms with E-state index in [0.29, 0.717) is 46.4 Å². The highest BCUT2D eigenvalue weighted by molar-refractivity contribution is 6.31. The third-order valence-corrected chi connectivity index (χ3v) is 11.4. The van der Waals surface area contributed by atoms with Crippen LogP contribution in [-0.2, 0) is 11.3 Å². The molecule has 4 bridgehead atoms. The Morgan fingerprint density at radius 2 is 1.79 bits per heavy atom. The Bertz CT molecular complexity index is 1270. The molecule has 8 rings (SSSR count). The van der Waals surface area contributed by atoms with Crippen LogP contribution >= 0.6 is 11.6 Å². The number of nitrogens with zero attached hydrogens (tertiary/aromatic N) is 4. The number of aromatic nitrogens is 2. The normalized spacial score (nSPS) is 34.2. The van der Waals surface area contributed by atoms with Gasteiger partial charge in [-0.1, -0.05) is 29.8 Å². The summed E-state index contributed by atoms with van der Waals surface area (Å²) in [5.74, 6) is 3.52. The topological polar surface area (TPSA) is 98.1 Å². The summed E-state index contributed by atoms with van der Waals surface area (Å²) in [7, 11) is 0. The van der Waals surface area contributed by atoms with Gasteiger partial charge < -0.3 is 20.7 Å². The zero-order valence-corrected chi connectivity index (χ0v) is 25.3. The largest absolute Gasteiger partial charge is 0.379 e. The summed E-state index contributed by atoms with van der Waals surface area (Å²) in [5.41, 5.74) is 1.78. The van der Waals surface area contributed by atoms with Crippen LogP contribution in [0.3, 0.4) is 0 Å². The molecule has 1 aromatic carbocycles. The zero-order chi connectivity index (χ0) is 28.5. The molecule has 1 saturated heterocycles. The second-order valence-electron chi connectivity index (χ2n) is 13.7. The number of hydrogen-bond acceptors (Lipinski definition) is 8. The number of morpholine rings is 1. The molecule has 5 aliphatic carbocycles. The van der Waals surface area contributed by atoms with E-state index >= 15 is 0 Å². The van der Waals surface area contributed by atoms with Gasteiger partial charge in [0.05, 0.1) is 19.4 Å². The van der Waals surface area contributed by atoms with Crippen LogP contribution in [-0.4, -0.2) is 65.8 Å². The third-order valence-electron chi connectivity index (χ3n) is 11.0. The minimum atomic E-state index is 0.297. The van der Waals surface area contributed by atoms with E-state index in [1.54, 1.807) is 6.20 Å². The van der Waals surface area contributed by atoms with E-state index < -0.39 is 0 Å². The van der Waals surface area contributed by atoms with Gasteiger partial charge in [-0.2, -0.15) is 10.2 Å². The molecule has 5 atom stereocenters. The van der Waals surface area contributed by atoms with Crippen molar-refractivity contribution in [3.8, 4) is 6.07 Å². The third kappa shape index (κ3) is 5.99. The molecule has 2 aromatic rings. The molecule has 2 heterocycles. The van der Waals surface area contributed by atoms with Gasteiger partial charge in [0.25, 0.3) is 0 Å². The highest BCUT2D eigenvalue weighted by atomic mass is 35.5. The first kappa shape index (κ1) is 28.3. The molecule has 0 radical (unpaired) electrons. The van der Waals surface area contributed by atoms with Gasteiger partial charge in [-0.3, -0.25) is 4.90 Å². The number of nitrogens with one attached hydrogen (secondary N) is 3. The number of nitriles is 1. The first-order valence-corrected chi connectivity index (χ1v) is 16.5. The Morgan fingerprint density at radius 3 is 2.52 bits per heavy atom. The van der Waals surface area contributed by atoms with Crippen LogP contribution in [0.25, 0.3) is 0 Å². The molecule has 8 nitrogen and oxygen atoms in total. The molecule has 9 heteroatoms. The summed E-state index contributed by atoms with van der Waals surface area (Å²) in [6.07, 6.45) is 13.5. The van der Waals surface area contributed by atoms with Crippen molar-refractivity contribution in [3.63, 3.8) is 0 Å². The van der Waals surface area contributed by atoms with Gasteiger partial charge in [0.2, 0.25) is 5.95 Å². The first-order valence-electron chi connectivity index (χ1n) is 16.1. The van der Waals surface area contributed by atoms with Crippen molar-refractivity contribution in [1.29, 1.82) is 5.26 Å². The second-order valence-corrected chi connectivity index (χ2v) is 14.1. The van der Waals surface area contributed by atoms with Gasteiger partial charge in [0.1, 0.15) is 17.5 Å². The van der Waals surface area contributed by atoms with E-state index in [0.717, 1.165) is 62.2 Å². The maximum Gasteiger partial charge on any atom is 0.224 e. The van der Waals surface area contributed by atoms with Crippen LogP contribution in [0.5, 0.6) is 0 Å². The minimum Gasteiger partial charge on any atom is -0.379 e. The quantitative estimate of drug-likeness (QED) is 0.355. The Morgan fingerprint density at radius 1 is 1.02 bits per heavy atom. The SMILES string of the molecule is N#Cc1cnc(NCc2ccccc2Cl)nc1NCC12CC3C[C@H](C1)C(NC1CCC(N4CCOCC4)CC1)[C@@H](C3)C2. The van der Waals surface area contributed by atoms with Crippen molar-refractivity contribution in [1.82, 2.24) is 20.2 Å². The van der Waals surface area contributed by atoms with E-state index in [9.17, 15) is 5.26 Å². The average molecular weight is 590 g/mol. The van der Waals surface area contributed by atoms with Gasteiger partial charge in [-0.25, -0.2) is 4.98 Å². The minimum absolute atomic E-state index is 0.297. The molecule has 6 aliphatic rings. The first-order chi connectivity index (χ1) is 20.6. The van der Waals surface area contributed by atoms with E-state index in [2.05, 4.69) is 31.9 Å². The van der Waals surface area contributed by atoms with Gasteiger partial charge in [-0.05, 0) is 92.6 Å². The van der Waals surface area contributed by atoms with Crippen LogP contribution in [0, 0.1) is 34.5 Å². The summed E-state index contributed by atoms with van der Waals surface area (Å²) in [4.78, 5) is 11.8. The van der Waals surface area contributed by atoms with Crippen LogP contribution < -0.4 is 16.0 Å². The smallest absolute Gasteiger partial charge is 0.224 e. The Kier molecular flexibility index (Phi) is 8.28. The fraction of sp³-hybridized carbons (Fsp3) is 0.667. The second kappa shape index (κ2) is 12.3. The number of ether oxygens (including phenoxy) is 1. The molecule has 6 fully saturated rings. The van der Waals surface area contributed by atoms with Crippen molar-refractivity contribution >= 4 is 23.4 Å². The molecule has 224 valence electrons. The van der Waals surface area contributed by atoms with Crippen LogP contribution in [0.2, 0.25) is 5.02 Å². The summed E-state index contributed by atoms with van der Waals surface area (Å²) in [6, 6.07) is 12.2. The Labute approximate surface area is 255 Å². The number of anilines is 2. The van der Waals surface area contributed by atoms with E-state index in [4.69, 9.17) is 21.3 Å². The van der Waals surface area contributed by atoms with Crippen LogP contribution in [0.4, 0.5) is 11.8 Å². The van der Waals surface area contributed by atoms with Crippen molar-refractivity contribution in [2.75, 3.05) is 43.5 Å². The van der Waals surface area contributed by atoms with Gasteiger partial charge >= 0.3 is 0 Å². The number of rotatable bonds is 9. The summed E-state index contributed by atoms with van der Waals surface area (Å²) in [6.45, 7) is 5.43. The van der Waals surface area contributed by atoms with Crippen molar-refractivity contribution in [2.24, 2.45) is 23.2 Å². The van der Waals surface area contributed by atoms with Gasteiger partial charge in [0, 0.05) is 49.3 Å². The molecule has 0 spiro atoms. The molecule has 1 aliphatic heterocycles. The van der Waals surface area contributed by atoms with Crippen molar-refractivity contribution in [2.45, 2.75) is 82.5 Å². The molecule has 3 unspecified atom stereocenters. The molecule has 0 amide bonds. The maximum atomic E-state index is 9.77. The summed E-state index contributed by atoms with van der Waals surface area (Å²) in [5, 5.41) is 21.6. The van der Waals surface area contributed by atoms with Crippen molar-refractivity contribution < 1.29 is 4.74 Å². The lowest BCUT2D eigenvalue weighted by Gasteiger charge is -2.61. The molecular weight excluding hydrogens is 546 g/mol. The van der Waals surface area contributed by atoms with Crippen molar-refractivity contribution in [3.05, 3.63) is 46.6 Å². The molecule has 5 saturated carbocycles. The fourth-order valence-electron chi connectivity index (χ4n) is 9.27. The zero-order valence-electron chi connectivity index (χ0n) is 24.5. The maximum absolute atomic E-state index is 9.77. The predicted octanol–water partition coefficient (Wildman–Crippen LogP) is 5.45. The predicted molar refractivity (Wildman–Crippen MR) is 165 cm³/mol. The van der Waals surface area contributed by atoms with E-state index in [-0.39, 0.29) is 0 Å². The highest BCUT2D eigenvalue weighted by Crippen LogP contribution is 2.60. The van der Waals surface area contributed by atoms with E-state index in [1.807, 2.05) is 24.3 Å². The summed E-state index contributed by atoms with van der Waals surface area (Å²) >= 11 is 6.32. The molecule has 1 aromatic heterocycles. The average Bonchev–Trinajstić information content (AvgIpc) is 3.02. The van der Waals surface area contributed by atoms with Gasteiger partial charge in [-0.15, -0.1) is 0 Å². The lowest BCUT2D eigenvalue weighted by Crippen LogP contribution is -2.61. The van der Waals surface area contributed by atoms with E-state index in [1.165, 1.54) is 57.8 Å². The lowest BCUT2D eigenvalue weighted by atomic mass is 9.47. The standard InChI is InChI=1S/C33H44ClN7O/c34-29-4-2-1-3-23(29)19-36-32-37-20-26(18-35)31(40-32)38-21-33-15-22-13-24(16-33)30(25(14-22)17-33)39-27-5-7-28(8-6-27)41-9-11-42-12-10-41/h1-4,20,22,24-25,27-28,30,39H,5-17,19,21H2,(H2,36,37,38,40)/t22?,24-,25+,27?,28?,30?,33?. The molecule has 3 N–H and O–H groups in total. The van der Waals surface area contributed by atoms with Crippen LogP contribution in [0.15, 0.2) is 30.5 Å². The lowest BCUT2D eigenvalue weighted by molar-refractivity contribution is -0.0738. The van der Waals surface area contributed by atoms with Crippen LogP contribution in [0.1, 0.15) is 68.9 Å². The Hall–Kier alpha value is -2.44. The number of hydrogen-bond donors (Lipinski definition) is 3. The monoisotopic (exact) mass is 589 g/mol. The van der Waals surface area contributed by atoms with Gasteiger partial charge in [0.15, 0.2) is 0 Å². The highest BCUT2D eigenvalue weighted by Gasteiger charge is 2.55. The fourth-order valence-corrected chi connectivity index (χ4v) is 9.48. The Balaban J connectivity index is 0.956. The molecular formula is C33H44ClN7O. The molecule has 42 heavy (non-hydrogen) atoms.